The van der Waals surface area contributed by atoms with Crippen LogP contribution in [-0.4, -0.2) is 14.8 Å². The first-order chi connectivity index (χ1) is 12.2. The maximum absolute atomic E-state index is 14.0. The highest BCUT2D eigenvalue weighted by atomic mass is 35.5. The summed E-state index contributed by atoms with van der Waals surface area (Å²) < 4.78 is 16.1. The summed E-state index contributed by atoms with van der Waals surface area (Å²) in [6, 6.07) is 4.77. The van der Waals surface area contributed by atoms with Gasteiger partial charge in [0.25, 0.3) is 0 Å². The van der Waals surface area contributed by atoms with Crippen LogP contribution in [0, 0.1) is 11.7 Å². The summed E-state index contributed by atoms with van der Waals surface area (Å²) in [5, 5.41) is 9.99. The van der Waals surface area contributed by atoms with Gasteiger partial charge in [0, 0.05) is 29.3 Å². The van der Waals surface area contributed by atoms with Crippen LogP contribution < -0.4 is 0 Å². The standard InChI is InChI=1S/C19H23ClFN3S/c1-2-11-24-18(12-14-7-4-3-5-8-14)22-23-19(24)25-13-15-16(20)9-6-10-17(15)21/h2,6,9-10,14H,1,3-5,7-8,11-13H2. The fraction of sp³-hybridized carbons (Fsp3) is 0.474. The van der Waals surface area contributed by atoms with E-state index in [0.29, 0.717) is 28.8 Å². The van der Waals surface area contributed by atoms with E-state index in [-0.39, 0.29) is 5.82 Å². The third-order valence-corrected chi connectivity index (χ3v) is 6.06. The SMILES string of the molecule is C=CCn1c(CC2CCCCC2)nnc1SCc1c(F)cccc1Cl. The molecule has 3 rings (SSSR count). The van der Waals surface area contributed by atoms with Gasteiger partial charge in [0.1, 0.15) is 11.6 Å². The van der Waals surface area contributed by atoms with Crippen LogP contribution in [0.4, 0.5) is 4.39 Å². The van der Waals surface area contributed by atoms with E-state index in [2.05, 4.69) is 21.3 Å². The van der Waals surface area contributed by atoms with Crippen molar-refractivity contribution in [3.8, 4) is 0 Å². The monoisotopic (exact) mass is 379 g/mol. The number of benzene rings is 1. The van der Waals surface area contributed by atoms with E-state index >= 15 is 0 Å². The minimum atomic E-state index is -0.280. The lowest BCUT2D eigenvalue weighted by Gasteiger charge is -2.21. The average Bonchev–Trinajstić information content (AvgIpc) is 2.98. The van der Waals surface area contributed by atoms with Gasteiger partial charge in [-0.15, -0.1) is 16.8 Å². The molecule has 1 saturated carbocycles. The fourth-order valence-corrected chi connectivity index (χ4v) is 4.66. The predicted octanol–water partition coefficient (Wildman–Crippen LogP) is 5.67. The number of thioether (sulfide) groups is 1. The highest BCUT2D eigenvalue weighted by Crippen LogP contribution is 2.30. The van der Waals surface area contributed by atoms with Crippen LogP contribution in [0.15, 0.2) is 36.0 Å². The van der Waals surface area contributed by atoms with E-state index in [1.165, 1.54) is 49.9 Å². The molecule has 1 aromatic heterocycles. The maximum atomic E-state index is 14.0. The number of hydrogen-bond acceptors (Lipinski definition) is 3. The Morgan fingerprint density at radius 3 is 2.80 bits per heavy atom. The molecule has 3 nitrogen and oxygen atoms in total. The van der Waals surface area contributed by atoms with Crippen LogP contribution >= 0.6 is 23.4 Å². The predicted molar refractivity (Wildman–Crippen MR) is 101 cm³/mol. The third-order valence-electron chi connectivity index (χ3n) is 4.71. The van der Waals surface area contributed by atoms with Crippen LogP contribution in [0.2, 0.25) is 5.02 Å². The van der Waals surface area contributed by atoms with Gasteiger partial charge in [0.15, 0.2) is 5.16 Å². The molecule has 0 N–H and O–H groups in total. The molecule has 0 atom stereocenters. The molecule has 1 heterocycles. The molecule has 6 heteroatoms. The van der Waals surface area contributed by atoms with E-state index < -0.39 is 0 Å². The molecule has 0 radical (unpaired) electrons. The topological polar surface area (TPSA) is 30.7 Å². The number of nitrogens with zero attached hydrogens (tertiary/aromatic N) is 3. The van der Waals surface area contributed by atoms with Gasteiger partial charge in [-0.05, 0) is 18.1 Å². The Bertz CT molecular complexity index is 705. The van der Waals surface area contributed by atoms with Crippen molar-refractivity contribution < 1.29 is 4.39 Å². The number of allylic oxidation sites excluding steroid dienone is 1. The molecule has 0 spiro atoms. The summed E-state index contributed by atoms with van der Waals surface area (Å²) in [5.74, 6) is 1.86. The minimum absolute atomic E-state index is 0.280. The molecule has 0 bridgehead atoms. The van der Waals surface area contributed by atoms with E-state index in [1.807, 2.05) is 6.08 Å². The van der Waals surface area contributed by atoms with Crippen molar-refractivity contribution in [2.45, 2.75) is 56.0 Å². The normalized spacial score (nSPS) is 15.4. The second-order valence-electron chi connectivity index (χ2n) is 6.50. The van der Waals surface area contributed by atoms with E-state index in [9.17, 15) is 4.39 Å². The molecular weight excluding hydrogens is 357 g/mol. The Hall–Kier alpha value is -1.33. The molecule has 1 aliphatic rings. The second kappa shape index (κ2) is 8.86. The number of halogens is 2. The zero-order valence-electron chi connectivity index (χ0n) is 14.3. The molecule has 2 aromatic rings. The number of rotatable bonds is 7. The lowest BCUT2D eigenvalue weighted by Crippen LogP contribution is -2.13. The van der Waals surface area contributed by atoms with Crippen LogP contribution in [-0.2, 0) is 18.7 Å². The van der Waals surface area contributed by atoms with Gasteiger partial charge in [-0.2, -0.15) is 0 Å². The van der Waals surface area contributed by atoms with Gasteiger partial charge in [-0.3, -0.25) is 0 Å². The molecule has 134 valence electrons. The van der Waals surface area contributed by atoms with Crippen molar-refractivity contribution >= 4 is 23.4 Å². The lowest BCUT2D eigenvalue weighted by molar-refractivity contribution is 0.347. The summed E-state index contributed by atoms with van der Waals surface area (Å²) >= 11 is 7.59. The van der Waals surface area contributed by atoms with Crippen molar-refractivity contribution in [1.82, 2.24) is 14.8 Å². The van der Waals surface area contributed by atoms with Crippen molar-refractivity contribution in [2.24, 2.45) is 5.92 Å². The van der Waals surface area contributed by atoms with Crippen molar-refractivity contribution in [2.75, 3.05) is 0 Å². The molecular formula is C19H23ClFN3S. The summed E-state index contributed by atoms with van der Waals surface area (Å²) in [6.45, 7) is 4.51. The highest BCUT2D eigenvalue weighted by Gasteiger charge is 2.19. The summed E-state index contributed by atoms with van der Waals surface area (Å²) in [7, 11) is 0. The van der Waals surface area contributed by atoms with Gasteiger partial charge >= 0.3 is 0 Å². The van der Waals surface area contributed by atoms with Gasteiger partial charge in [0.2, 0.25) is 0 Å². The Labute approximate surface area is 157 Å². The van der Waals surface area contributed by atoms with Crippen molar-refractivity contribution in [3.63, 3.8) is 0 Å². The van der Waals surface area contributed by atoms with E-state index in [4.69, 9.17) is 11.6 Å². The summed E-state index contributed by atoms with van der Waals surface area (Å²) in [4.78, 5) is 0. The molecule has 1 fully saturated rings. The van der Waals surface area contributed by atoms with E-state index in [0.717, 1.165) is 17.4 Å². The molecule has 1 aromatic carbocycles. The Morgan fingerprint density at radius 2 is 2.08 bits per heavy atom. The first-order valence-electron chi connectivity index (χ1n) is 8.77. The first-order valence-corrected chi connectivity index (χ1v) is 10.1. The number of hydrogen-bond donors (Lipinski definition) is 0. The fourth-order valence-electron chi connectivity index (χ4n) is 3.35. The summed E-state index contributed by atoms with van der Waals surface area (Å²) in [6.07, 6.45) is 9.33. The Kier molecular flexibility index (Phi) is 6.54. The molecule has 25 heavy (non-hydrogen) atoms. The summed E-state index contributed by atoms with van der Waals surface area (Å²) in [5.41, 5.74) is 0.510. The van der Waals surface area contributed by atoms with Crippen LogP contribution in [0.3, 0.4) is 0 Å². The van der Waals surface area contributed by atoms with Crippen LogP contribution in [0.1, 0.15) is 43.5 Å². The first kappa shape index (κ1) is 18.5. The van der Waals surface area contributed by atoms with Crippen molar-refractivity contribution in [3.05, 3.63) is 53.1 Å². The molecule has 1 aliphatic carbocycles. The largest absolute Gasteiger partial charge is 0.302 e. The maximum Gasteiger partial charge on any atom is 0.191 e. The number of aromatic nitrogens is 3. The molecule has 0 saturated heterocycles. The zero-order valence-corrected chi connectivity index (χ0v) is 15.8. The molecule has 0 aliphatic heterocycles. The Balaban J connectivity index is 1.73. The quantitative estimate of drug-likeness (QED) is 0.458. The highest BCUT2D eigenvalue weighted by molar-refractivity contribution is 7.98. The zero-order chi connectivity index (χ0) is 17.6. The van der Waals surface area contributed by atoms with Crippen molar-refractivity contribution in [1.29, 1.82) is 0 Å². The van der Waals surface area contributed by atoms with E-state index in [1.54, 1.807) is 12.1 Å². The van der Waals surface area contributed by atoms with Gasteiger partial charge in [0.05, 0.1) is 0 Å². The van der Waals surface area contributed by atoms with Gasteiger partial charge in [-0.25, -0.2) is 4.39 Å². The van der Waals surface area contributed by atoms with Crippen LogP contribution in [0.5, 0.6) is 0 Å². The molecule has 0 amide bonds. The smallest absolute Gasteiger partial charge is 0.191 e. The third kappa shape index (κ3) is 4.64. The molecule has 0 unspecified atom stereocenters. The van der Waals surface area contributed by atoms with Gasteiger partial charge < -0.3 is 4.57 Å². The average molecular weight is 380 g/mol. The minimum Gasteiger partial charge on any atom is -0.302 e. The second-order valence-corrected chi connectivity index (χ2v) is 7.84. The lowest BCUT2D eigenvalue weighted by atomic mass is 9.87. The Morgan fingerprint density at radius 1 is 1.28 bits per heavy atom. The van der Waals surface area contributed by atoms with Gasteiger partial charge in [-0.1, -0.05) is 67.6 Å². The van der Waals surface area contributed by atoms with Crippen LogP contribution in [0.25, 0.3) is 0 Å².